The van der Waals surface area contributed by atoms with Crippen molar-refractivity contribution < 1.29 is 22.7 Å². The van der Waals surface area contributed by atoms with Gasteiger partial charge in [-0.25, -0.2) is 4.79 Å². The van der Waals surface area contributed by atoms with Gasteiger partial charge in [-0.05, 0) is 56.9 Å². The molecule has 25 heavy (non-hydrogen) atoms. The van der Waals surface area contributed by atoms with E-state index < -0.39 is 12.4 Å². The minimum Gasteiger partial charge on any atom is -0.406 e. The third-order valence-electron chi connectivity index (χ3n) is 4.12. The molecule has 0 atom stereocenters. The molecule has 1 aromatic carbocycles. The molecule has 0 spiro atoms. The van der Waals surface area contributed by atoms with Gasteiger partial charge >= 0.3 is 12.4 Å². The number of alkyl halides is 3. The first kappa shape index (κ1) is 19.4. The van der Waals surface area contributed by atoms with Crippen LogP contribution in [0.1, 0.15) is 26.2 Å². The predicted octanol–water partition coefficient (Wildman–Crippen LogP) is 3.83. The SMILES string of the molecule is CCCN1CCC(CNC(=O)Nc2cccc(OC(F)(F)F)c2)CC1. The van der Waals surface area contributed by atoms with E-state index in [-0.39, 0.29) is 11.4 Å². The third-order valence-corrected chi connectivity index (χ3v) is 4.12. The summed E-state index contributed by atoms with van der Waals surface area (Å²) in [5.74, 6) is 0.0624. The maximum absolute atomic E-state index is 12.2. The average Bonchev–Trinajstić information content (AvgIpc) is 2.53. The molecule has 2 N–H and O–H groups in total. The van der Waals surface area contributed by atoms with Crippen LogP contribution in [0.25, 0.3) is 0 Å². The Morgan fingerprint density at radius 2 is 2.04 bits per heavy atom. The number of hydrogen-bond acceptors (Lipinski definition) is 3. The van der Waals surface area contributed by atoms with Crippen molar-refractivity contribution >= 4 is 11.7 Å². The molecule has 1 fully saturated rings. The zero-order chi connectivity index (χ0) is 18.3. The van der Waals surface area contributed by atoms with Gasteiger partial charge in [-0.2, -0.15) is 0 Å². The lowest BCUT2D eigenvalue weighted by molar-refractivity contribution is -0.274. The number of carbonyl (C=O) groups excluding carboxylic acids is 1. The van der Waals surface area contributed by atoms with E-state index in [0.717, 1.165) is 45.0 Å². The molecule has 0 aliphatic carbocycles. The second-order valence-electron chi connectivity index (χ2n) is 6.20. The van der Waals surface area contributed by atoms with Crippen LogP contribution in [0.15, 0.2) is 24.3 Å². The number of anilines is 1. The van der Waals surface area contributed by atoms with Gasteiger partial charge in [0.25, 0.3) is 0 Å². The number of rotatable bonds is 6. The summed E-state index contributed by atoms with van der Waals surface area (Å²) >= 11 is 0. The molecule has 0 saturated carbocycles. The van der Waals surface area contributed by atoms with Crippen LogP contribution in [-0.2, 0) is 0 Å². The highest BCUT2D eigenvalue weighted by Crippen LogP contribution is 2.25. The standard InChI is InChI=1S/C17H24F3N3O2/c1-2-8-23-9-6-13(7-10-23)12-21-16(24)22-14-4-3-5-15(11-14)25-17(18,19)20/h3-5,11,13H,2,6-10,12H2,1H3,(H2,21,22,24). The van der Waals surface area contributed by atoms with Gasteiger partial charge in [0, 0.05) is 18.3 Å². The molecule has 140 valence electrons. The van der Waals surface area contributed by atoms with Crippen LogP contribution in [-0.4, -0.2) is 43.5 Å². The van der Waals surface area contributed by atoms with Crippen LogP contribution in [0, 0.1) is 5.92 Å². The Labute approximate surface area is 145 Å². The molecule has 0 aromatic heterocycles. The minimum absolute atomic E-state index is 0.247. The fraction of sp³-hybridized carbons (Fsp3) is 0.588. The highest BCUT2D eigenvalue weighted by Gasteiger charge is 2.31. The van der Waals surface area contributed by atoms with Crippen molar-refractivity contribution in [1.82, 2.24) is 10.2 Å². The molecule has 1 aliphatic heterocycles. The van der Waals surface area contributed by atoms with E-state index in [4.69, 9.17) is 0 Å². The lowest BCUT2D eigenvalue weighted by Gasteiger charge is -2.31. The van der Waals surface area contributed by atoms with Crippen molar-refractivity contribution in [3.63, 3.8) is 0 Å². The molecule has 1 aromatic rings. The molecule has 2 amide bonds. The fourth-order valence-corrected chi connectivity index (χ4v) is 2.91. The normalized spacial score (nSPS) is 16.5. The zero-order valence-corrected chi connectivity index (χ0v) is 14.2. The molecule has 2 rings (SSSR count). The van der Waals surface area contributed by atoms with Gasteiger partial charge in [0.05, 0.1) is 0 Å². The average molecular weight is 359 g/mol. The minimum atomic E-state index is -4.76. The number of urea groups is 1. The van der Waals surface area contributed by atoms with Gasteiger partial charge in [-0.3, -0.25) is 0 Å². The smallest absolute Gasteiger partial charge is 0.406 e. The van der Waals surface area contributed by atoms with Crippen LogP contribution in [0.4, 0.5) is 23.7 Å². The largest absolute Gasteiger partial charge is 0.573 e. The van der Waals surface area contributed by atoms with Gasteiger partial charge in [0.15, 0.2) is 0 Å². The number of nitrogens with zero attached hydrogens (tertiary/aromatic N) is 1. The van der Waals surface area contributed by atoms with Crippen LogP contribution < -0.4 is 15.4 Å². The maximum atomic E-state index is 12.2. The highest BCUT2D eigenvalue weighted by molar-refractivity contribution is 5.89. The molecule has 1 aliphatic rings. The van der Waals surface area contributed by atoms with Crippen molar-refractivity contribution in [3.05, 3.63) is 24.3 Å². The summed E-state index contributed by atoms with van der Waals surface area (Å²) in [6, 6.07) is 4.78. The molecule has 0 radical (unpaired) electrons. The molecular formula is C17H24F3N3O2. The number of ether oxygens (including phenoxy) is 1. The van der Waals surface area contributed by atoms with Gasteiger partial charge in [-0.15, -0.1) is 13.2 Å². The van der Waals surface area contributed by atoms with E-state index >= 15 is 0 Å². The number of hydrogen-bond donors (Lipinski definition) is 2. The number of carbonyl (C=O) groups is 1. The number of likely N-dealkylation sites (tertiary alicyclic amines) is 1. The van der Waals surface area contributed by atoms with Crippen LogP contribution >= 0.6 is 0 Å². The van der Waals surface area contributed by atoms with Gasteiger partial charge in [-0.1, -0.05) is 13.0 Å². The van der Waals surface area contributed by atoms with Crippen molar-refractivity contribution in [2.24, 2.45) is 5.92 Å². The summed E-state index contributed by atoms with van der Waals surface area (Å²) in [6.07, 6.45) is -1.54. The first-order valence-corrected chi connectivity index (χ1v) is 8.48. The summed E-state index contributed by atoms with van der Waals surface area (Å²) in [7, 11) is 0. The highest BCUT2D eigenvalue weighted by atomic mass is 19.4. The molecule has 1 heterocycles. The van der Waals surface area contributed by atoms with E-state index in [2.05, 4.69) is 27.2 Å². The van der Waals surface area contributed by atoms with Gasteiger partial charge in [0.1, 0.15) is 5.75 Å². The summed E-state index contributed by atoms with van der Waals surface area (Å²) in [4.78, 5) is 14.3. The molecule has 1 saturated heterocycles. The topological polar surface area (TPSA) is 53.6 Å². The van der Waals surface area contributed by atoms with Crippen molar-refractivity contribution in [3.8, 4) is 5.75 Å². The Hall–Kier alpha value is -1.96. The molecule has 5 nitrogen and oxygen atoms in total. The number of halogens is 3. The summed E-state index contributed by atoms with van der Waals surface area (Å²) in [5.41, 5.74) is 0.247. The monoisotopic (exact) mass is 359 g/mol. The summed E-state index contributed by atoms with van der Waals surface area (Å²) < 4.78 is 40.5. The number of benzene rings is 1. The second kappa shape index (κ2) is 8.94. The molecular weight excluding hydrogens is 335 g/mol. The van der Waals surface area contributed by atoms with E-state index in [1.54, 1.807) is 0 Å². The van der Waals surface area contributed by atoms with Crippen molar-refractivity contribution in [2.45, 2.75) is 32.5 Å². The molecule has 8 heteroatoms. The number of nitrogens with one attached hydrogen (secondary N) is 2. The Bertz CT molecular complexity index is 558. The van der Waals surface area contributed by atoms with Crippen molar-refractivity contribution in [1.29, 1.82) is 0 Å². The Kier molecular flexibility index (Phi) is 6.92. The zero-order valence-electron chi connectivity index (χ0n) is 14.2. The molecule has 0 unspecified atom stereocenters. The van der Waals surface area contributed by atoms with Crippen LogP contribution in [0.2, 0.25) is 0 Å². The molecule has 0 bridgehead atoms. The van der Waals surface area contributed by atoms with E-state index in [1.165, 1.54) is 18.2 Å². The van der Waals surface area contributed by atoms with Crippen LogP contribution in [0.5, 0.6) is 5.75 Å². The Morgan fingerprint density at radius 1 is 1.32 bits per heavy atom. The number of piperidine rings is 1. The van der Waals surface area contributed by atoms with E-state index in [9.17, 15) is 18.0 Å². The second-order valence-corrected chi connectivity index (χ2v) is 6.20. The lowest BCUT2D eigenvalue weighted by Crippen LogP contribution is -2.40. The van der Waals surface area contributed by atoms with E-state index in [1.807, 2.05) is 0 Å². The quantitative estimate of drug-likeness (QED) is 0.812. The predicted molar refractivity (Wildman–Crippen MR) is 89.6 cm³/mol. The third kappa shape index (κ3) is 7.21. The first-order valence-electron chi connectivity index (χ1n) is 8.48. The van der Waals surface area contributed by atoms with Gasteiger partial charge in [0.2, 0.25) is 0 Å². The Morgan fingerprint density at radius 3 is 2.68 bits per heavy atom. The summed E-state index contributed by atoms with van der Waals surface area (Å²) in [5, 5.41) is 5.31. The number of amides is 2. The Balaban J connectivity index is 1.74. The fourth-order valence-electron chi connectivity index (χ4n) is 2.91. The summed E-state index contributed by atoms with van der Waals surface area (Å²) in [6.45, 7) is 5.91. The lowest BCUT2D eigenvalue weighted by atomic mass is 9.97. The van der Waals surface area contributed by atoms with Gasteiger partial charge < -0.3 is 20.3 Å². The first-order chi connectivity index (χ1) is 11.9. The van der Waals surface area contributed by atoms with Crippen LogP contribution in [0.3, 0.4) is 0 Å². The van der Waals surface area contributed by atoms with Crippen molar-refractivity contribution in [2.75, 3.05) is 31.5 Å². The van der Waals surface area contributed by atoms with E-state index in [0.29, 0.717) is 12.5 Å². The maximum Gasteiger partial charge on any atom is 0.573 e.